The lowest BCUT2D eigenvalue weighted by atomic mass is 9.65. The van der Waals surface area contributed by atoms with Gasteiger partial charge in [-0.3, -0.25) is 0 Å². The average molecular weight is 753 g/mol. The number of aryl methyl sites for hydroxylation is 2. The zero-order chi connectivity index (χ0) is 39.1. The van der Waals surface area contributed by atoms with E-state index in [4.69, 9.17) is 20.9 Å². The van der Waals surface area contributed by atoms with Gasteiger partial charge in [-0.15, -0.1) is 0 Å². The Balaban J connectivity index is 1.50. The van der Waals surface area contributed by atoms with Crippen molar-refractivity contribution in [3.63, 3.8) is 0 Å². The van der Waals surface area contributed by atoms with Gasteiger partial charge in [-0.1, -0.05) is 87.4 Å². The summed E-state index contributed by atoms with van der Waals surface area (Å²) < 4.78 is 105. The third-order valence-corrected chi connectivity index (χ3v) is 10.0. The molecule has 0 fully saturated rings. The van der Waals surface area contributed by atoms with E-state index >= 15 is 26.3 Å². The molecule has 4 N–H and O–H groups in total. The zero-order valence-corrected chi connectivity index (χ0v) is 30.1. The van der Waals surface area contributed by atoms with Gasteiger partial charge in [0.1, 0.15) is 23.0 Å². The van der Waals surface area contributed by atoms with Gasteiger partial charge in [0.15, 0.2) is 0 Å². The van der Waals surface area contributed by atoms with Gasteiger partial charge in [0.25, 0.3) is 0 Å². The van der Waals surface area contributed by atoms with Gasteiger partial charge < -0.3 is 20.9 Å². The van der Waals surface area contributed by atoms with Crippen molar-refractivity contribution in [1.29, 1.82) is 0 Å². The maximum Gasteiger partial charge on any atom is 0.416 e. The molecule has 0 saturated carbocycles. The summed E-state index contributed by atoms with van der Waals surface area (Å²) in [5.74, 6) is 0.417. The van der Waals surface area contributed by atoms with Gasteiger partial charge in [-0.2, -0.15) is 26.3 Å². The number of hydrogen-bond donors (Lipinski definition) is 2. The summed E-state index contributed by atoms with van der Waals surface area (Å²) in [6.07, 6.45) is -7.40. The zero-order valence-electron chi connectivity index (χ0n) is 30.1. The van der Waals surface area contributed by atoms with E-state index in [0.29, 0.717) is 58.0 Å². The first-order valence-corrected chi connectivity index (χ1v) is 18.0. The average Bonchev–Trinajstić information content (AvgIpc) is 3.44. The van der Waals surface area contributed by atoms with Gasteiger partial charge in [0.05, 0.1) is 16.5 Å². The molecule has 0 aliphatic heterocycles. The van der Waals surface area contributed by atoms with E-state index in [9.17, 15) is 0 Å². The minimum absolute atomic E-state index is 0.126. The van der Waals surface area contributed by atoms with E-state index in [1.807, 2.05) is 13.8 Å². The van der Waals surface area contributed by atoms with E-state index in [1.54, 1.807) is 84.9 Å². The van der Waals surface area contributed by atoms with Gasteiger partial charge in [0.2, 0.25) is 0 Å². The molecule has 0 atom stereocenters. The van der Waals surface area contributed by atoms with E-state index in [-0.39, 0.29) is 33.8 Å². The Labute approximate surface area is 315 Å². The molecule has 282 valence electrons. The van der Waals surface area contributed by atoms with Crippen LogP contribution in [0.4, 0.5) is 37.7 Å². The summed E-state index contributed by atoms with van der Waals surface area (Å²) in [5.41, 5.74) is 10.9. The topological polar surface area (TPSA) is 70.5 Å². The minimum Gasteiger partial charge on any atom is -0.457 e. The highest BCUT2D eigenvalue weighted by atomic mass is 19.4. The van der Waals surface area contributed by atoms with E-state index in [2.05, 4.69) is 0 Å². The molecule has 6 aromatic carbocycles. The molecule has 0 heterocycles. The number of anilines is 2. The SMILES string of the molecule is CCCc1cc(N)ccc1Oc1ccc(C2(c3ccc(Oc4ccc(N)cc4CCC)cc3C(F)(F)F)c3ccccc3-c3ccccc32)c(C(F)(F)F)c1. The lowest BCUT2D eigenvalue weighted by Gasteiger charge is -2.37. The lowest BCUT2D eigenvalue weighted by Crippen LogP contribution is -2.34. The van der Waals surface area contributed by atoms with Crippen molar-refractivity contribution in [2.75, 3.05) is 11.5 Å². The Hall–Kier alpha value is -5.90. The van der Waals surface area contributed by atoms with Crippen molar-refractivity contribution in [1.82, 2.24) is 0 Å². The molecule has 10 heteroatoms. The quantitative estimate of drug-likeness (QED) is 0.108. The first-order valence-electron chi connectivity index (χ1n) is 18.0. The fourth-order valence-electron chi connectivity index (χ4n) is 7.84. The van der Waals surface area contributed by atoms with Crippen molar-refractivity contribution in [2.45, 2.75) is 57.3 Å². The number of alkyl halides is 6. The molecule has 0 unspecified atom stereocenters. The highest BCUT2D eigenvalue weighted by Crippen LogP contribution is 2.60. The summed E-state index contributed by atoms with van der Waals surface area (Å²) in [4.78, 5) is 0. The van der Waals surface area contributed by atoms with Crippen molar-refractivity contribution in [2.24, 2.45) is 0 Å². The Bertz CT molecular complexity index is 2220. The molecule has 0 bridgehead atoms. The summed E-state index contributed by atoms with van der Waals surface area (Å²) in [6, 6.07) is 30.1. The van der Waals surface area contributed by atoms with Crippen molar-refractivity contribution in [3.8, 4) is 34.1 Å². The van der Waals surface area contributed by atoms with E-state index in [1.165, 1.54) is 24.3 Å². The fraction of sp³-hybridized carbons (Fsp3) is 0.200. The van der Waals surface area contributed by atoms with Crippen LogP contribution >= 0.6 is 0 Å². The molecule has 0 radical (unpaired) electrons. The first kappa shape index (κ1) is 37.4. The third kappa shape index (κ3) is 6.86. The van der Waals surface area contributed by atoms with Crippen LogP contribution < -0.4 is 20.9 Å². The summed E-state index contributed by atoms with van der Waals surface area (Å²) in [5, 5.41) is 0. The number of benzene rings is 6. The van der Waals surface area contributed by atoms with Crippen LogP contribution in [0, 0.1) is 0 Å². The standard InChI is InChI=1S/C45H38F6N2O2/c1-3-9-27-23-29(52)15-21-41(27)54-31-17-19-37(39(25-31)44(46,47)48)43(35-13-7-5-11-33(35)34-12-6-8-14-36(34)43)38-20-18-32(26-40(38)45(49,50)51)55-42-22-16-30(53)24-28(42)10-4-2/h5-8,11-26H,3-4,9-10,52-53H2,1-2H3. The third-order valence-electron chi connectivity index (χ3n) is 10.0. The fourth-order valence-corrected chi connectivity index (χ4v) is 7.84. The molecule has 55 heavy (non-hydrogen) atoms. The number of hydrogen-bond acceptors (Lipinski definition) is 4. The van der Waals surface area contributed by atoms with Gasteiger partial charge in [-0.25, -0.2) is 0 Å². The Morgan fingerprint density at radius 3 is 1.27 bits per heavy atom. The van der Waals surface area contributed by atoms with Crippen LogP contribution in [0.3, 0.4) is 0 Å². The van der Waals surface area contributed by atoms with Gasteiger partial charge in [-0.05, 0) is 118 Å². The largest absolute Gasteiger partial charge is 0.457 e. The normalized spacial score (nSPS) is 13.3. The van der Waals surface area contributed by atoms with Crippen LogP contribution in [0.15, 0.2) is 121 Å². The Kier molecular flexibility index (Phi) is 9.79. The number of ether oxygens (including phenoxy) is 2. The number of nitrogens with two attached hydrogens (primary N) is 2. The summed E-state index contributed by atoms with van der Waals surface area (Å²) in [7, 11) is 0. The molecular weight excluding hydrogens is 714 g/mol. The van der Waals surface area contributed by atoms with E-state index in [0.717, 1.165) is 25.0 Å². The maximum absolute atomic E-state index is 15.6. The maximum atomic E-state index is 15.6. The van der Waals surface area contributed by atoms with Crippen LogP contribution in [-0.4, -0.2) is 0 Å². The van der Waals surface area contributed by atoms with Crippen LogP contribution in [0.2, 0.25) is 0 Å². The Morgan fingerprint density at radius 2 is 0.891 bits per heavy atom. The van der Waals surface area contributed by atoms with Crippen molar-refractivity contribution < 1.29 is 35.8 Å². The molecule has 7 rings (SSSR count). The van der Waals surface area contributed by atoms with Crippen LogP contribution in [-0.2, 0) is 30.6 Å². The number of rotatable bonds is 10. The first-order chi connectivity index (χ1) is 26.2. The van der Waals surface area contributed by atoms with Crippen molar-refractivity contribution in [3.05, 3.63) is 166 Å². The monoisotopic (exact) mass is 752 g/mol. The summed E-state index contributed by atoms with van der Waals surface area (Å²) in [6.45, 7) is 3.91. The molecule has 0 spiro atoms. The second-order valence-electron chi connectivity index (χ2n) is 13.7. The second-order valence-corrected chi connectivity index (χ2v) is 13.7. The van der Waals surface area contributed by atoms with Gasteiger partial charge in [0, 0.05) is 11.4 Å². The number of halogens is 6. The molecule has 0 aromatic heterocycles. The molecule has 4 nitrogen and oxygen atoms in total. The lowest BCUT2D eigenvalue weighted by molar-refractivity contribution is -0.138. The van der Waals surface area contributed by atoms with Crippen LogP contribution in [0.5, 0.6) is 23.0 Å². The molecule has 0 amide bonds. The highest BCUT2D eigenvalue weighted by molar-refractivity contribution is 5.87. The second kappa shape index (κ2) is 14.4. The predicted octanol–water partition coefficient (Wildman–Crippen LogP) is 12.7. The molecule has 6 aromatic rings. The molecule has 1 aliphatic carbocycles. The summed E-state index contributed by atoms with van der Waals surface area (Å²) >= 11 is 0. The Morgan fingerprint density at radius 1 is 0.491 bits per heavy atom. The van der Waals surface area contributed by atoms with E-state index < -0.39 is 28.9 Å². The highest BCUT2D eigenvalue weighted by Gasteiger charge is 2.53. The molecule has 0 saturated heterocycles. The molecular formula is C45H38F6N2O2. The number of fused-ring (bicyclic) bond motifs is 3. The predicted molar refractivity (Wildman–Crippen MR) is 204 cm³/mol. The van der Waals surface area contributed by atoms with Crippen molar-refractivity contribution >= 4 is 11.4 Å². The minimum atomic E-state index is -5.01. The van der Waals surface area contributed by atoms with Crippen LogP contribution in [0.1, 0.15) is 71.2 Å². The number of nitrogen functional groups attached to an aromatic ring is 2. The molecule has 1 aliphatic rings. The van der Waals surface area contributed by atoms with Crippen LogP contribution in [0.25, 0.3) is 11.1 Å². The smallest absolute Gasteiger partial charge is 0.416 e. The van der Waals surface area contributed by atoms with Gasteiger partial charge >= 0.3 is 12.4 Å².